The minimum absolute atomic E-state index is 0.0617. The Labute approximate surface area is 115 Å². The van der Waals surface area contributed by atoms with Crippen LogP contribution in [0, 0.1) is 0 Å². The van der Waals surface area contributed by atoms with Crippen molar-refractivity contribution < 1.29 is 0 Å². The Morgan fingerprint density at radius 3 is 3.06 bits per heavy atom. The Morgan fingerprint density at radius 2 is 2.39 bits per heavy atom. The molecule has 4 heteroatoms. The molecule has 1 aromatic rings. The van der Waals surface area contributed by atoms with E-state index in [-0.39, 0.29) is 5.54 Å². The summed E-state index contributed by atoms with van der Waals surface area (Å²) in [6, 6.07) is 0.636. The highest BCUT2D eigenvalue weighted by Crippen LogP contribution is 2.30. The molecule has 0 radical (unpaired) electrons. The molecule has 1 fully saturated rings. The van der Waals surface area contributed by atoms with Crippen LogP contribution in [0.1, 0.15) is 45.0 Å². The van der Waals surface area contributed by atoms with Crippen molar-refractivity contribution in [3.8, 4) is 0 Å². The van der Waals surface area contributed by atoms with Gasteiger partial charge in [-0.1, -0.05) is 13.3 Å². The molecule has 1 aromatic heterocycles. The molecule has 18 heavy (non-hydrogen) atoms. The van der Waals surface area contributed by atoms with Crippen molar-refractivity contribution in [2.45, 2.75) is 51.6 Å². The first-order valence-electron chi connectivity index (χ1n) is 7.03. The van der Waals surface area contributed by atoms with Crippen LogP contribution in [-0.2, 0) is 5.54 Å². The third-order valence-corrected chi connectivity index (χ3v) is 4.95. The smallest absolute Gasteiger partial charge is 0.112 e. The van der Waals surface area contributed by atoms with E-state index in [0.29, 0.717) is 6.04 Å². The number of hydrogen-bond donors (Lipinski definition) is 1. The zero-order valence-corrected chi connectivity index (χ0v) is 12.6. The topological polar surface area (TPSA) is 28.2 Å². The standard InChI is InChI=1S/C14H25N3S/c1-4-6-12-11-17(9-5-7-15-12)14(2,3)13-16-8-10-18-13/h8,10,12,15H,4-7,9,11H2,1-3H3. The molecular weight excluding hydrogens is 242 g/mol. The number of thiazole rings is 1. The van der Waals surface area contributed by atoms with Gasteiger partial charge in [0.05, 0.1) is 5.54 Å². The molecule has 0 spiro atoms. The fourth-order valence-electron chi connectivity index (χ4n) is 2.71. The zero-order valence-electron chi connectivity index (χ0n) is 11.8. The molecule has 2 heterocycles. The largest absolute Gasteiger partial charge is 0.313 e. The zero-order chi connectivity index (χ0) is 13.0. The van der Waals surface area contributed by atoms with Crippen LogP contribution in [-0.4, -0.2) is 35.6 Å². The monoisotopic (exact) mass is 267 g/mol. The van der Waals surface area contributed by atoms with Crippen LogP contribution in [0.25, 0.3) is 0 Å². The third-order valence-electron chi connectivity index (χ3n) is 3.86. The van der Waals surface area contributed by atoms with Crippen molar-refractivity contribution >= 4 is 11.3 Å². The summed E-state index contributed by atoms with van der Waals surface area (Å²) in [7, 11) is 0. The Kier molecular flexibility index (Phi) is 4.76. The Bertz CT molecular complexity index is 348. The number of nitrogens with zero attached hydrogens (tertiary/aromatic N) is 2. The van der Waals surface area contributed by atoms with Gasteiger partial charge in [0.1, 0.15) is 5.01 Å². The second kappa shape index (κ2) is 6.13. The van der Waals surface area contributed by atoms with Crippen LogP contribution in [0.2, 0.25) is 0 Å². The van der Waals surface area contributed by atoms with Crippen LogP contribution < -0.4 is 5.32 Å². The second-order valence-corrected chi connectivity index (χ2v) is 6.53. The molecule has 102 valence electrons. The fraction of sp³-hybridized carbons (Fsp3) is 0.786. The lowest BCUT2D eigenvalue weighted by Crippen LogP contribution is -2.46. The lowest BCUT2D eigenvalue weighted by molar-refractivity contribution is 0.115. The molecule has 0 bridgehead atoms. The molecule has 0 amide bonds. The second-order valence-electron chi connectivity index (χ2n) is 5.64. The van der Waals surface area contributed by atoms with Gasteiger partial charge in [-0.25, -0.2) is 4.98 Å². The lowest BCUT2D eigenvalue weighted by Gasteiger charge is -2.37. The number of rotatable bonds is 4. The van der Waals surface area contributed by atoms with Gasteiger partial charge in [0.15, 0.2) is 0 Å². The third kappa shape index (κ3) is 3.11. The van der Waals surface area contributed by atoms with Gasteiger partial charge in [0, 0.05) is 30.7 Å². The van der Waals surface area contributed by atoms with Gasteiger partial charge in [-0.15, -0.1) is 11.3 Å². The molecular formula is C14H25N3S. The van der Waals surface area contributed by atoms with E-state index in [1.807, 2.05) is 6.20 Å². The lowest BCUT2D eigenvalue weighted by atomic mass is 10.0. The fourth-order valence-corrected chi connectivity index (χ4v) is 3.50. The summed E-state index contributed by atoms with van der Waals surface area (Å²) in [5.74, 6) is 0. The van der Waals surface area contributed by atoms with E-state index < -0.39 is 0 Å². The number of hydrogen-bond acceptors (Lipinski definition) is 4. The highest BCUT2D eigenvalue weighted by Gasteiger charge is 2.33. The quantitative estimate of drug-likeness (QED) is 0.909. The SMILES string of the molecule is CCCC1CN(C(C)(C)c2nccs2)CCCN1. The first-order chi connectivity index (χ1) is 8.64. The minimum atomic E-state index is 0.0617. The van der Waals surface area contributed by atoms with E-state index in [1.54, 1.807) is 11.3 Å². The van der Waals surface area contributed by atoms with Crippen molar-refractivity contribution in [1.82, 2.24) is 15.2 Å². The summed E-state index contributed by atoms with van der Waals surface area (Å²) >= 11 is 1.77. The van der Waals surface area contributed by atoms with Crippen LogP contribution in [0.15, 0.2) is 11.6 Å². The molecule has 1 atom stereocenters. The van der Waals surface area contributed by atoms with E-state index >= 15 is 0 Å². The predicted molar refractivity (Wildman–Crippen MR) is 78.0 cm³/mol. The molecule has 1 aliphatic rings. The van der Waals surface area contributed by atoms with Gasteiger partial charge in [-0.2, -0.15) is 0 Å². The van der Waals surface area contributed by atoms with Crippen LogP contribution in [0.5, 0.6) is 0 Å². The summed E-state index contributed by atoms with van der Waals surface area (Å²) < 4.78 is 0. The van der Waals surface area contributed by atoms with Crippen molar-refractivity contribution in [1.29, 1.82) is 0 Å². The van der Waals surface area contributed by atoms with Gasteiger partial charge in [0.25, 0.3) is 0 Å². The molecule has 0 aliphatic carbocycles. The van der Waals surface area contributed by atoms with Gasteiger partial charge in [-0.3, -0.25) is 4.90 Å². The number of nitrogens with one attached hydrogen (secondary N) is 1. The maximum Gasteiger partial charge on any atom is 0.112 e. The summed E-state index contributed by atoms with van der Waals surface area (Å²) in [5, 5.41) is 6.99. The molecule has 3 nitrogen and oxygen atoms in total. The van der Waals surface area contributed by atoms with Crippen LogP contribution >= 0.6 is 11.3 Å². The summed E-state index contributed by atoms with van der Waals surface area (Å²) in [5.41, 5.74) is 0.0617. The molecule has 1 N–H and O–H groups in total. The van der Waals surface area contributed by atoms with Crippen molar-refractivity contribution in [3.63, 3.8) is 0 Å². The molecule has 2 rings (SSSR count). The first-order valence-corrected chi connectivity index (χ1v) is 7.91. The molecule has 1 aliphatic heterocycles. The molecule has 1 unspecified atom stereocenters. The van der Waals surface area contributed by atoms with Gasteiger partial charge < -0.3 is 5.32 Å². The van der Waals surface area contributed by atoms with Crippen LogP contribution in [0.3, 0.4) is 0 Å². The average Bonchev–Trinajstić information content (AvgIpc) is 2.78. The summed E-state index contributed by atoms with van der Waals surface area (Å²) in [6.45, 7) is 10.3. The van der Waals surface area contributed by atoms with E-state index in [2.05, 4.69) is 41.4 Å². The van der Waals surface area contributed by atoms with Crippen molar-refractivity contribution in [3.05, 3.63) is 16.6 Å². The van der Waals surface area contributed by atoms with Crippen LogP contribution in [0.4, 0.5) is 0 Å². The molecule has 0 aromatic carbocycles. The summed E-state index contributed by atoms with van der Waals surface area (Å²) in [6.07, 6.45) is 5.67. The Balaban J connectivity index is 2.10. The van der Waals surface area contributed by atoms with Gasteiger partial charge in [-0.05, 0) is 33.2 Å². The van der Waals surface area contributed by atoms with Gasteiger partial charge in [0.2, 0.25) is 0 Å². The average molecular weight is 267 g/mol. The Morgan fingerprint density at radius 1 is 1.56 bits per heavy atom. The highest BCUT2D eigenvalue weighted by atomic mass is 32.1. The minimum Gasteiger partial charge on any atom is -0.313 e. The maximum atomic E-state index is 4.52. The predicted octanol–water partition coefficient (Wildman–Crippen LogP) is 2.84. The number of aromatic nitrogens is 1. The van der Waals surface area contributed by atoms with Crippen molar-refractivity contribution in [2.24, 2.45) is 0 Å². The highest BCUT2D eigenvalue weighted by molar-refractivity contribution is 7.09. The molecule has 0 saturated carbocycles. The molecule has 1 saturated heterocycles. The van der Waals surface area contributed by atoms with E-state index in [1.165, 1.54) is 30.8 Å². The summed E-state index contributed by atoms with van der Waals surface area (Å²) in [4.78, 5) is 7.12. The van der Waals surface area contributed by atoms with E-state index in [4.69, 9.17) is 0 Å². The van der Waals surface area contributed by atoms with E-state index in [9.17, 15) is 0 Å². The van der Waals surface area contributed by atoms with E-state index in [0.717, 1.165) is 13.1 Å². The normalized spacial score (nSPS) is 22.9. The van der Waals surface area contributed by atoms with Crippen molar-refractivity contribution in [2.75, 3.05) is 19.6 Å². The Hall–Kier alpha value is -0.450. The first kappa shape index (κ1) is 14.0. The maximum absolute atomic E-state index is 4.52. The van der Waals surface area contributed by atoms with Gasteiger partial charge >= 0.3 is 0 Å².